The van der Waals surface area contributed by atoms with Crippen LogP contribution in [0.3, 0.4) is 0 Å². The Labute approximate surface area is 114 Å². The molecule has 1 N–H and O–H groups in total. The van der Waals surface area contributed by atoms with Gasteiger partial charge in [-0.2, -0.15) is 0 Å². The molecule has 0 atom stereocenters. The summed E-state index contributed by atoms with van der Waals surface area (Å²) in [5.74, 6) is 1.44. The highest BCUT2D eigenvalue weighted by Gasteiger charge is 2.15. The smallest absolute Gasteiger partial charge is 0.165 e. The van der Waals surface area contributed by atoms with Gasteiger partial charge in [0.2, 0.25) is 0 Å². The second kappa shape index (κ2) is 6.30. The molecule has 1 aromatic carbocycles. The molecule has 0 aliphatic heterocycles. The van der Waals surface area contributed by atoms with Gasteiger partial charge in [-0.05, 0) is 33.8 Å². The van der Waals surface area contributed by atoms with E-state index in [-0.39, 0.29) is 5.54 Å². The van der Waals surface area contributed by atoms with Crippen molar-refractivity contribution >= 4 is 11.6 Å². The van der Waals surface area contributed by atoms with Crippen molar-refractivity contribution in [3.8, 4) is 11.5 Å². The van der Waals surface area contributed by atoms with Crippen LogP contribution in [0.1, 0.15) is 33.3 Å². The summed E-state index contributed by atoms with van der Waals surface area (Å²) in [6, 6.07) is 3.68. The van der Waals surface area contributed by atoms with Crippen LogP contribution in [0.25, 0.3) is 0 Å². The third-order valence-corrected chi connectivity index (χ3v) is 2.63. The van der Waals surface area contributed by atoms with E-state index < -0.39 is 0 Å². The van der Waals surface area contributed by atoms with Gasteiger partial charge in [-0.1, -0.05) is 11.6 Å². The van der Waals surface area contributed by atoms with Gasteiger partial charge in [0.05, 0.1) is 13.7 Å². The highest BCUT2D eigenvalue weighted by Crippen LogP contribution is 2.34. The summed E-state index contributed by atoms with van der Waals surface area (Å²) in [5, 5.41) is 4.08. The van der Waals surface area contributed by atoms with Crippen molar-refractivity contribution in [3.63, 3.8) is 0 Å². The van der Waals surface area contributed by atoms with Gasteiger partial charge in [-0.3, -0.25) is 0 Å². The van der Waals surface area contributed by atoms with Crippen LogP contribution in [0, 0.1) is 0 Å². The summed E-state index contributed by atoms with van der Waals surface area (Å²) in [7, 11) is 1.62. The molecule has 1 aromatic rings. The molecule has 4 heteroatoms. The Morgan fingerprint density at radius 3 is 2.44 bits per heavy atom. The highest BCUT2D eigenvalue weighted by atomic mass is 35.5. The Hall–Kier alpha value is -0.930. The van der Waals surface area contributed by atoms with Crippen LogP contribution in [-0.2, 0) is 6.54 Å². The van der Waals surface area contributed by atoms with E-state index in [1.54, 1.807) is 13.2 Å². The van der Waals surface area contributed by atoms with Gasteiger partial charge < -0.3 is 14.8 Å². The Morgan fingerprint density at radius 2 is 1.94 bits per heavy atom. The van der Waals surface area contributed by atoms with Crippen LogP contribution in [0.2, 0.25) is 5.02 Å². The molecular formula is C14H22ClNO2. The predicted octanol–water partition coefficient (Wildman–Crippen LogP) is 3.64. The number of halogens is 1. The molecule has 0 bridgehead atoms. The fourth-order valence-electron chi connectivity index (χ4n) is 1.57. The first-order chi connectivity index (χ1) is 8.37. The van der Waals surface area contributed by atoms with Crippen LogP contribution in [0.4, 0.5) is 0 Å². The number of hydrogen-bond acceptors (Lipinski definition) is 3. The maximum absolute atomic E-state index is 6.09. The summed E-state index contributed by atoms with van der Waals surface area (Å²) in [5.41, 5.74) is 1.05. The molecule has 0 spiro atoms. The summed E-state index contributed by atoms with van der Waals surface area (Å²) in [6.45, 7) is 9.60. The molecule has 102 valence electrons. The standard InChI is InChI=1S/C14H22ClNO2/c1-6-18-13-10(9-16-14(2,3)4)7-11(15)8-12(13)17-5/h7-8,16H,6,9H2,1-5H3. The minimum atomic E-state index is 0.0407. The molecule has 0 aliphatic carbocycles. The van der Waals surface area contributed by atoms with Gasteiger partial charge in [0.25, 0.3) is 0 Å². The lowest BCUT2D eigenvalue weighted by molar-refractivity contribution is 0.304. The van der Waals surface area contributed by atoms with Crippen LogP contribution in [0.5, 0.6) is 11.5 Å². The van der Waals surface area contributed by atoms with E-state index in [0.29, 0.717) is 23.9 Å². The maximum atomic E-state index is 6.09. The molecule has 3 nitrogen and oxygen atoms in total. The van der Waals surface area contributed by atoms with Crippen molar-refractivity contribution in [1.82, 2.24) is 5.32 Å². The van der Waals surface area contributed by atoms with Crippen LogP contribution in [-0.4, -0.2) is 19.3 Å². The van der Waals surface area contributed by atoms with Crippen LogP contribution < -0.4 is 14.8 Å². The molecule has 1 rings (SSSR count). The number of hydrogen-bond donors (Lipinski definition) is 1. The van der Waals surface area contributed by atoms with Gasteiger partial charge in [0, 0.05) is 28.7 Å². The lowest BCUT2D eigenvalue weighted by Crippen LogP contribution is -2.35. The van der Waals surface area contributed by atoms with Gasteiger partial charge in [0.15, 0.2) is 11.5 Å². The molecule has 0 radical (unpaired) electrons. The monoisotopic (exact) mass is 271 g/mol. The third kappa shape index (κ3) is 4.39. The second-order valence-corrected chi connectivity index (χ2v) is 5.57. The van der Waals surface area contributed by atoms with Crippen LogP contribution >= 0.6 is 11.6 Å². The van der Waals surface area contributed by atoms with E-state index >= 15 is 0 Å². The predicted molar refractivity (Wildman–Crippen MR) is 75.8 cm³/mol. The third-order valence-electron chi connectivity index (χ3n) is 2.41. The summed E-state index contributed by atoms with van der Waals surface area (Å²) < 4.78 is 11.0. The van der Waals surface area contributed by atoms with Gasteiger partial charge >= 0.3 is 0 Å². The van der Waals surface area contributed by atoms with E-state index in [1.807, 2.05) is 13.0 Å². The summed E-state index contributed by atoms with van der Waals surface area (Å²) in [6.07, 6.45) is 0. The zero-order chi connectivity index (χ0) is 13.8. The Morgan fingerprint density at radius 1 is 1.28 bits per heavy atom. The molecule has 0 saturated carbocycles. The van der Waals surface area contributed by atoms with Crippen molar-refractivity contribution < 1.29 is 9.47 Å². The van der Waals surface area contributed by atoms with Gasteiger partial charge in [-0.25, -0.2) is 0 Å². The van der Waals surface area contributed by atoms with E-state index in [9.17, 15) is 0 Å². The Kier molecular flexibility index (Phi) is 5.29. The summed E-state index contributed by atoms with van der Waals surface area (Å²) >= 11 is 6.09. The van der Waals surface area contributed by atoms with E-state index in [2.05, 4.69) is 26.1 Å². The Balaban J connectivity index is 3.03. The summed E-state index contributed by atoms with van der Waals surface area (Å²) in [4.78, 5) is 0. The van der Waals surface area contributed by atoms with Crippen molar-refractivity contribution in [1.29, 1.82) is 0 Å². The zero-order valence-electron chi connectivity index (χ0n) is 11.8. The maximum Gasteiger partial charge on any atom is 0.165 e. The lowest BCUT2D eigenvalue weighted by atomic mass is 10.1. The quantitative estimate of drug-likeness (QED) is 0.887. The molecule has 18 heavy (non-hydrogen) atoms. The molecule has 0 heterocycles. The van der Waals surface area contributed by atoms with E-state index in [1.165, 1.54) is 0 Å². The largest absolute Gasteiger partial charge is 0.493 e. The number of ether oxygens (including phenoxy) is 2. The molecule has 0 saturated heterocycles. The lowest BCUT2D eigenvalue weighted by Gasteiger charge is -2.22. The van der Waals surface area contributed by atoms with Crippen LogP contribution in [0.15, 0.2) is 12.1 Å². The van der Waals surface area contributed by atoms with E-state index in [0.717, 1.165) is 11.3 Å². The minimum Gasteiger partial charge on any atom is -0.493 e. The fraction of sp³-hybridized carbons (Fsp3) is 0.571. The average Bonchev–Trinajstić information content (AvgIpc) is 2.28. The molecule has 0 fully saturated rings. The number of methoxy groups -OCH3 is 1. The first-order valence-corrected chi connectivity index (χ1v) is 6.49. The van der Waals surface area contributed by atoms with E-state index in [4.69, 9.17) is 21.1 Å². The molecule has 0 unspecified atom stereocenters. The second-order valence-electron chi connectivity index (χ2n) is 5.13. The molecule has 0 amide bonds. The van der Waals surface area contributed by atoms with Crippen molar-refractivity contribution in [2.45, 2.75) is 39.8 Å². The Bertz CT molecular complexity index is 400. The van der Waals surface area contributed by atoms with Crippen molar-refractivity contribution in [2.24, 2.45) is 0 Å². The zero-order valence-corrected chi connectivity index (χ0v) is 12.5. The van der Waals surface area contributed by atoms with Crippen molar-refractivity contribution in [3.05, 3.63) is 22.7 Å². The topological polar surface area (TPSA) is 30.5 Å². The normalized spacial score (nSPS) is 11.4. The van der Waals surface area contributed by atoms with Gasteiger partial charge in [-0.15, -0.1) is 0 Å². The SMILES string of the molecule is CCOc1c(CNC(C)(C)C)cc(Cl)cc1OC. The minimum absolute atomic E-state index is 0.0407. The molecular weight excluding hydrogens is 250 g/mol. The fourth-order valence-corrected chi connectivity index (χ4v) is 1.80. The first kappa shape index (κ1) is 15.1. The van der Waals surface area contributed by atoms with Gasteiger partial charge in [0.1, 0.15) is 0 Å². The molecule has 0 aliphatic rings. The molecule has 0 aromatic heterocycles. The number of nitrogens with one attached hydrogen (secondary N) is 1. The highest BCUT2D eigenvalue weighted by molar-refractivity contribution is 6.30. The van der Waals surface area contributed by atoms with Crippen molar-refractivity contribution in [2.75, 3.05) is 13.7 Å². The number of rotatable bonds is 5. The first-order valence-electron chi connectivity index (χ1n) is 6.11. The average molecular weight is 272 g/mol. The number of benzene rings is 1.